The van der Waals surface area contributed by atoms with Gasteiger partial charge in [-0.3, -0.25) is 0 Å². The van der Waals surface area contributed by atoms with E-state index in [2.05, 4.69) is 34.2 Å². The van der Waals surface area contributed by atoms with Crippen molar-refractivity contribution in [2.24, 2.45) is 10.9 Å². The SMILES string of the molecule is CCNC(=NCc1cccc(S(=O)(=O)NC)c1)NCC(CC)CC.I. The molecule has 0 fully saturated rings. The van der Waals surface area contributed by atoms with Crippen molar-refractivity contribution in [1.29, 1.82) is 0 Å². The van der Waals surface area contributed by atoms with Crippen LogP contribution in [-0.4, -0.2) is 34.5 Å². The van der Waals surface area contributed by atoms with E-state index >= 15 is 0 Å². The van der Waals surface area contributed by atoms with Crippen molar-refractivity contribution in [2.45, 2.75) is 45.1 Å². The number of sulfonamides is 1. The summed E-state index contributed by atoms with van der Waals surface area (Å²) >= 11 is 0. The van der Waals surface area contributed by atoms with Gasteiger partial charge >= 0.3 is 0 Å². The number of benzene rings is 1. The number of rotatable bonds is 9. The Kier molecular flexibility index (Phi) is 12.0. The first-order valence-corrected chi connectivity index (χ1v) is 9.99. The van der Waals surface area contributed by atoms with Gasteiger partial charge in [-0.1, -0.05) is 38.8 Å². The van der Waals surface area contributed by atoms with Gasteiger partial charge in [-0.2, -0.15) is 0 Å². The Hall–Kier alpha value is -0.870. The quantitative estimate of drug-likeness (QED) is 0.287. The van der Waals surface area contributed by atoms with E-state index in [1.165, 1.54) is 7.05 Å². The molecule has 0 bridgehead atoms. The number of aliphatic imine (C=N–C) groups is 1. The molecule has 144 valence electrons. The largest absolute Gasteiger partial charge is 0.357 e. The lowest BCUT2D eigenvalue weighted by molar-refractivity contribution is 0.481. The van der Waals surface area contributed by atoms with E-state index in [1.807, 2.05) is 13.0 Å². The minimum absolute atomic E-state index is 0. The maximum absolute atomic E-state index is 11.9. The third-order valence-corrected chi connectivity index (χ3v) is 5.37. The average Bonchev–Trinajstić information content (AvgIpc) is 2.60. The van der Waals surface area contributed by atoms with E-state index in [1.54, 1.807) is 18.2 Å². The first-order valence-electron chi connectivity index (χ1n) is 8.51. The fraction of sp³-hybridized carbons (Fsp3) is 0.588. The van der Waals surface area contributed by atoms with Crippen LogP contribution in [0.3, 0.4) is 0 Å². The standard InChI is InChI=1S/C17H30N4O2S.HI/c1-5-14(6-2)12-20-17(19-7-3)21-13-15-9-8-10-16(11-15)24(22,23)18-4;/h8-11,14,18H,5-7,12-13H2,1-4H3,(H2,19,20,21);1H. The molecule has 0 aromatic heterocycles. The molecule has 3 N–H and O–H groups in total. The number of halogens is 1. The number of nitrogens with zero attached hydrogens (tertiary/aromatic N) is 1. The van der Waals surface area contributed by atoms with Crippen molar-refractivity contribution in [3.63, 3.8) is 0 Å². The molecular weight excluding hydrogens is 451 g/mol. The van der Waals surface area contributed by atoms with Crippen LogP contribution in [0.1, 0.15) is 39.2 Å². The molecule has 0 saturated heterocycles. The molecule has 0 aliphatic heterocycles. The van der Waals surface area contributed by atoms with Crippen LogP contribution in [0.2, 0.25) is 0 Å². The Morgan fingerprint density at radius 3 is 2.40 bits per heavy atom. The van der Waals surface area contributed by atoms with Crippen molar-refractivity contribution in [1.82, 2.24) is 15.4 Å². The van der Waals surface area contributed by atoms with Crippen molar-refractivity contribution >= 4 is 40.0 Å². The number of guanidine groups is 1. The maximum Gasteiger partial charge on any atom is 0.240 e. The van der Waals surface area contributed by atoms with E-state index in [4.69, 9.17) is 0 Å². The second-order valence-corrected chi connectivity index (χ2v) is 7.50. The topological polar surface area (TPSA) is 82.6 Å². The molecule has 0 heterocycles. The zero-order chi connectivity index (χ0) is 18.0. The first-order chi connectivity index (χ1) is 11.5. The third kappa shape index (κ3) is 8.37. The van der Waals surface area contributed by atoms with Crippen molar-refractivity contribution in [2.75, 3.05) is 20.1 Å². The van der Waals surface area contributed by atoms with Gasteiger partial charge in [-0.15, -0.1) is 24.0 Å². The highest BCUT2D eigenvalue weighted by atomic mass is 127. The molecule has 25 heavy (non-hydrogen) atoms. The summed E-state index contributed by atoms with van der Waals surface area (Å²) in [6.07, 6.45) is 2.26. The van der Waals surface area contributed by atoms with E-state index in [-0.39, 0.29) is 28.9 Å². The van der Waals surface area contributed by atoms with Gasteiger partial charge in [-0.05, 0) is 37.6 Å². The molecule has 1 aromatic rings. The van der Waals surface area contributed by atoms with Gasteiger partial charge in [0.05, 0.1) is 11.4 Å². The van der Waals surface area contributed by atoms with Crippen LogP contribution >= 0.6 is 24.0 Å². The lowest BCUT2D eigenvalue weighted by atomic mass is 10.0. The molecule has 0 unspecified atom stereocenters. The molecule has 0 aliphatic carbocycles. The van der Waals surface area contributed by atoms with Gasteiger partial charge in [0, 0.05) is 13.1 Å². The molecule has 0 amide bonds. The van der Waals surface area contributed by atoms with Gasteiger partial charge in [-0.25, -0.2) is 18.1 Å². The van der Waals surface area contributed by atoms with Gasteiger partial charge in [0.2, 0.25) is 10.0 Å². The summed E-state index contributed by atoms with van der Waals surface area (Å²) in [6.45, 7) is 8.48. The van der Waals surface area contributed by atoms with Gasteiger partial charge in [0.25, 0.3) is 0 Å². The van der Waals surface area contributed by atoms with Crippen molar-refractivity contribution in [3.05, 3.63) is 29.8 Å². The molecule has 8 heteroatoms. The fourth-order valence-electron chi connectivity index (χ4n) is 2.26. The molecule has 0 aliphatic rings. The summed E-state index contributed by atoms with van der Waals surface area (Å²) in [7, 11) is -2.02. The van der Waals surface area contributed by atoms with Crippen LogP contribution in [-0.2, 0) is 16.6 Å². The first kappa shape index (κ1) is 24.1. The molecular formula is C17H31IN4O2S. The minimum Gasteiger partial charge on any atom is -0.357 e. The number of hydrogen-bond donors (Lipinski definition) is 3. The summed E-state index contributed by atoms with van der Waals surface area (Å²) in [5.41, 5.74) is 0.853. The van der Waals surface area contributed by atoms with E-state index in [0.29, 0.717) is 12.5 Å². The van der Waals surface area contributed by atoms with Crippen molar-refractivity contribution < 1.29 is 8.42 Å². The summed E-state index contributed by atoms with van der Waals surface area (Å²) in [6, 6.07) is 6.84. The summed E-state index contributed by atoms with van der Waals surface area (Å²) in [5.74, 6) is 1.38. The normalized spacial score (nSPS) is 12.0. The minimum atomic E-state index is -3.43. The van der Waals surface area contributed by atoms with E-state index in [9.17, 15) is 8.42 Å². The van der Waals surface area contributed by atoms with Crippen molar-refractivity contribution in [3.8, 4) is 0 Å². The molecule has 0 atom stereocenters. The summed E-state index contributed by atoms with van der Waals surface area (Å²) in [4.78, 5) is 4.81. The molecule has 0 radical (unpaired) electrons. The molecule has 1 rings (SSSR count). The Morgan fingerprint density at radius 1 is 1.16 bits per heavy atom. The highest BCUT2D eigenvalue weighted by Gasteiger charge is 2.11. The lowest BCUT2D eigenvalue weighted by Crippen LogP contribution is -2.39. The highest BCUT2D eigenvalue weighted by molar-refractivity contribution is 14.0. The monoisotopic (exact) mass is 482 g/mol. The van der Waals surface area contributed by atoms with Gasteiger partial charge in [0.1, 0.15) is 0 Å². The van der Waals surface area contributed by atoms with Crippen LogP contribution in [0.4, 0.5) is 0 Å². The maximum atomic E-state index is 11.9. The Balaban J connectivity index is 0.00000576. The Bertz CT molecular complexity index is 631. The van der Waals surface area contributed by atoms with Gasteiger partial charge < -0.3 is 10.6 Å². The molecule has 0 saturated carbocycles. The predicted molar refractivity (Wildman–Crippen MR) is 115 cm³/mol. The van der Waals surface area contributed by atoms with Gasteiger partial charge in [0.15, 0.2) is 5.96 Å². The summed E-state index contributed by atoms with van der Waals surface area (Å²) in [5, 5.41) is 6.58. The summed E-state index contributed by atoms with van der Waals surface area (Å²) < 4.78 is 26.1. The molecule has 6 nitrogen and oxygen atoms in total. The van der Waals surface area contributed by atoms with E-state index < -0.39 is 10.0 Å². The van der Waals surface area contributed by atoms with Crippen LogP contribution in [0.25, 0.3) is 0 Å². The third-order valence-electron chi connectivity index (χ3n) is 3.95. The van der Waals surface area contributed by atoms with Crippen LogP contribution in [0, 0.1) is 5.92 Å². The zero-order valence-corrected chi connectivity index (χ0v) is 18.6. The molecule has 0 spiro atoms. The highest BCUT2D eigenvalue weighted by Crippen LogP contribution is 2.12. The second kappa shape index (κ2) is 12.5. The second-order valence-electron chi connectivity index (χ2n) is 5.61. The molecule has 1 aromatic carbocycles. The fourth-order valence-corrected chi connectivity index (χ4v) is 3.06. The smallest absolute Gasteiger partial charge is 0.240 e. The van der Waals surface area contributed by atoms with E-state index in [0.717, 1.165) is 37.5 Å². The zero-order valence-electron chi connectivity index (χ0n) is 15.5. The predicted octanol–water partition coefficient (Wildman–Crippen LogP) is 2.70. The Morgan fingerprint density at radius 2 is 1.84 bits per heavy atom. The van der Waals surface area contributed by atoms with Crippen LogP contribution in [0.5, 0.6) is 0 Å². The average molecular weight is 482 g/mol. The van der Waals surface area contributed by atoms with Crippen LogP contribution in [0.15, 0.2) is 34.2 Å². The Labute approximate surface area is 169 Å². The lowest BCUT2D eigenvalue weighted by Gasteiger charge is -2.16. The number of nitrogens with one attached hydrogen (secondary N) is 3. The number of hydrogen-bond acceptors (Lipinski definition) is 3. The van der Waals surface area contributed by atoms with Crippen LogP contribution < -0.4 is 15.4 Å².